The Kier molecular flexibility index (Phi) is 4.43. The van der Waals surface area contributed by atoms with Gasteiger partial charge in [0.15, 0.2) is 0 Å². The minimum absolute atomic E-state index is 0.0193. The largest absolute Gasteiger partial charge is 0.389 e. The number of hydrogen-bond acceptors (Lipinski definition) is 2. The van der Waals surface area contributed by atoms with Crippen LogP contribution in [0.4, 0.5) is 10.5 Å². The molecular formula is C15H22N2O2. The summed E-state index contributed by atoms with van der Waals surface area (Å²) in [6.45, 7) is 4.62. The SMILES string of the molecule is CCCN(C(=O)Nc1ccc(C(C)O)cc1)C1CC1. The third-order valence-electron chi connectivity index (χ3n) is 3.36. The molecule has 4 nitrogen and oxygen atoms in total. The van der Waals surface area contributed by atoms with Gasteiger partial charge in [0.1, 0.15) is 0 Å². The van der Waals surface area contributed by atoms with E-state index in [9.17, 15) is 9.90 Å². The summed E-state index contributed by atoms with van der Waals surface area (Å²) in [6.07, 6.45) is 2.74. The zero-order valence-electron chi connectivity index (χ0n) is 11.6. The summed E-state index contributed by atoms with van der Waals surface area (Å²) < 4.78 is 0. The summed E-state index contributed by atoms with van der Waals surface area (Å²) in [5, 5.41) is 12.4. The highest BCUT2D eigenvalue weighted by Crippen LogP contribution is 2.27. The molecule has 19 heavy (non-hydrogen) atoms. The van der Waals surface area contributed by atoms with E-state index in [-0.39, 0.29) is 6.03 Å². The van der Waals surface area contributed by atoms with Crippen molar-refractivity contribution in [3.63, 3.8) is 0 Å². The number of nitrogens with one attached hydrogen (secondary N) is 1. The van der Waals surface area contributed by atoms with Crippen LogP contribution in [0, 0.1) is 0 Å². The summed E-state index contributed by atoms with van der Waals surface area (Å²) >= 11 is 0. The molecule has 0 saturated heterocycles. The zero-order chi connectivity index (χ0) is 13.8. The number of rotatable bonds is 5. The van der Waals surface area contributed by atoms with E-state index < -0.39 is 6.10 Å². The molecule has 1 aromatic carbocycles. The average Bonchev–Trinajstić information content (AvgIpc) is 3.20. The molecule has 0 spiro atoms. The molecule has 0 aromatic heterocycles. The number of aliphatic hydroxyl groups excluding tert-OH is 1. The fraction of sp³-hybridized carbons (Fsp3) is 0.533. The van der Waals surface area contributed by atoms with Gasteiger partial charge in [0.2, 0.25) is 0 Å². The van der Waals surface area contributed by atoms with Crippen LogP contribution in [-0.4, -0.2) is 28.6 Å². The number of urea groups is 1. The Balaban J connectivity index is 1.97. The maximum atomic E-state index is 12.2. The smallest absolute Gasteiger partial charge is 0.322 e. The fourth-order valence-corrected chi connectivity index (χ4v) is 2.12. The van der Waals surface area contributed by atoms with Gasteiger partial charge in [0.05, 0.1) is 6.10 Å². The Labute approximate surface area is 114 Å². The van der Waals surface area contributed by atoms with Crippen molar-refractivity contribution in [1.29, 1.82) is 0 Å². The number of benzene rings is 1. The molecule has 0 aliphatic heterocycles. The van der Waals surface area contributed by atoms with E-state index in [1.54, 1.807) is 6.92 Å². The Morgan fingerprint density at radius 3 is 2.53 bits per heavy atom. The first-order valence-corrected chi connectivity index (χ1v) is 6.97. The van der Waals surface area contributed by atoms with Crippen LogP contribution in [0.1, 0.15) is 44.8 Å². The summed E-state index contributed by atoms with van der Waals surface area (Å²) in [6, 6.07) is 7.74. The molecule has 1 saturated carbocycles. The first kappa shape index (κ1) is 13.9. The second kappa shape index (κ2) is 6.06. The van der Waals surface area contributed by atoms with Gasteiger partial charge in [0, 0.05) is 18.3 Å². The van der Waals surface area contributed by atoms with Crippen LogP contribution in [-0.2, 0) is 0 Å². The number of carbonyl (C=O) groups excluding carboxylic acids is 1. The predicted molar refractivity (Wildman–Crippen MR) is 76.1 cm³/mol. The molecule has 1 aromatic rings. The molecule has 1 unspecified atom stereocenters. The average molecular weight is 262 g/mol. The maximum absolute atomic E-state index is 12.2. The molecule has 2 rings (SSSR count). The van der Waals surface area contributed by atoms with Crippen molar-refractivity contribution in [2.75, 3.05) is 11.9 Å². The molecule has 1 fully saturated rings. The van der Waals surface area contributed by atoms with Crippen LogP contribution in [0.5, 0.6) is 0 Å². The molecule has 1 aliphatic rings. The number of anilines is 1. The number of aliphatic hydroxyl groups is 1. The molecule has 2 amide bonds. The summed E-state index contributed by atoms with van der Waals surface area (Å²) in [7, 11) is 0. The molecule has 104 valence electrons. The third kappa shape index (κ3) is 3.70. The van der Waals surface area contributed by atoms with Crippen LogP contribution in [0.3, 0.4) is 0 Å². The third-order valence-corrected chi connectivity index (χ3v) is 3.36. The number of nitrogens with zero attached hydrogens (tertiary/aromatic N) is 1. The molecule has 4 heteroatoms. The molecular weight excluding hydrogens is 240 g/mol. The van der Waals surface area contributed by atoms with Crippen LogP contribution < -0.4 is 5.32 Å². The normalized spacial score (nSPS) is 15.9. The van der Waals surface area contributed by atoms with Crippen LogP contribution in [0.2, 0.25) is 0 Å². The number of amides is 2. The van der Waals surface area contributed by atoms with E-state index in [0.29, 0.717) is 6.04 Å². The van der Waals surface area contributed by atoms with Crippen LogP contribution in [0.15, 0.2) is 24.3 Å². The lowest BCUT2D eigenvalue weighted by molar-refractivity contribution is 0.199. The Hall–Kier alpha value is -1.55. The van der Waals surface area contributed by atoms with Crippen molar-refractivity contribution in [3.05, 3.63) is 29.8 Å². The highest BCUT2D eigenvalue weighted by Gasteiger charge is 2.31. The maximum Gasteiger partial charge on any atom is 0.322 e. The lowest BCUT2D eigenvalue weighted by atomic mass is 10.1. The van der Waals surface area contributed by atoms with E-state index in [0.717, 1.165) is 37.1 Å². The monoisotopic (exact) mass is 262 g/mol. The quantitative estimate of drug-likeness (QED) is 0.856. The summed E-state index contributed by atoms with van der Waals surface area (Å²) in [5.74, 6) is 0. The highest BCUT2D eigenvalue weighted by molar-refractivity contribution is 5.89. The van der Waals surface area contributed by atoms with Crippen molar-refractivity contribution in [1.82, 2.24) is 4.90 Å². The zero-order valence-corrected chi connectivity index (χ0v) is 11.6. The Morgan fingerprint density at radius 1 is 1.42 bits per heavy atom. The topological polar surface area (TPSA) is 52.6 Å². The van der Waals surface area contributed by atoms with Gasteiger partial charge >= 0.3 is 6.03 Å². The predicted octanol–water partition coefficient (Wildman–Crippen LogP) is 3.15. The second-order valence-electron chi connectivity index (χ2n) is 5.15. The lowest BCUT2D eigenvalue weighted by Gasteiger charge is -2.22. The van der Waals surface area contributed by atoms with Gasteiger partial charge in [-0.3, -0.25) is 0 Å². The highest BCUT2D eigenvalue weighted by atomic mass is 16.3. The summed E-state index contributed by atoms with van der Waals surface area (Å²) in [5.41, 5.74) is 1.63. The Bertz CT molecular complexity index is 424. The van der Waals surface area contributed by atoms with E-state index in [2.05, 4.69) is 12.2 Å². The second-order valence-corrected chi connectivity index (χ2v) is 5.15. The minimum Gasteiger partial charge on any atom is -0.389 e. The van der Waals surface area contributed by atoms with Gasteiger partial charge < -0.3 is 15.3 Å². The molecule has 0 radical (unpaired) electrons. The van der Waals surface area contributed by atoms with Gasteiger partial charge in [-0.1, -0.05) is 19.1 Å². The van der Waals surface area contributed by atoms with E-state index >= 15 is 0 Å². The van der Waals surface area contributed by atoms with Crippen molar-refractivity contribution in [2.45, 2.75) is 45.3 Å². The number of hydrogen-bond donors (Lipinski definition) is 2. The van der Waals surface area contributed by atoms with Gasteiger partial charge in [-0.2, -0.15) is 0 Å². The van der Waals surface area contributed by atoms with E-state index in [1.807, 2.05) is 29.2 Å². The van der Waals surface area contributed by atoms with E-state index in [1.165, 1.54) is 0 Å². The van der Waals surface area contributed by atoms with Gasteiger partial charge in [0.25, 0.3) is 0 Å². The number of carbonyl (C=O) groups is 1. The molecule has 2 N–H and O–H groups in total. The first-order chi connectivity index (χ1) is 9.11. The first-order valence-electron chi connectivity index (χ1n) is 6.97. The van der Waals surface area contributed by atoms with Crippen molar-refractivity contribution in [3.8, 4) is 0 Å². The van der Waals surface area contributed by atoms with Crippen molar-refractivity contribution < 1.29 is 9.90 Å². The van der Waals surface area contributed by atoms with E-state index in [4.69, 9.17) is 0 Å². The minimum atomic E-state index is -0.479. The van der Waals surface area contributed by atoms with Gasteiger partial charge in [-0.15, -0.1) is 0 Å². The lowest BCUT2D eigenvalue weighted by Crippen LogP contribution is -2.37. The van der Waals surface area contributed by atoms with Crippen molar-refractivity contribution in [2.24, 2.45) is 0 Å². The van der Waals surface area contributed by atoms with Crippen LogP contribution >= 0.6 is 0 Å². The van der Waals surface area contributed by atoms with Crippen molar-refractivity contribution >= 4 is 11.7 Å². The van der Waals surface area contributed by atoms with Gasteiger partial charge in [-0.05, 0) is 43.9 Å². The molecule has 0 heterocycles. The molecule has 1 atom stereocenters. The van der Waals surface area contributed by atoms with Crippen LogP contribution in [0.25, 0.3) is 0 Å². The standard InChI is InChI=1S/C15H22N2O2/c1-3-10-17(14-8-9-14)15(19)16-13-6-4-12(5-7-13)11(2)18/h4-7,11,14,18H,3,8-10H2,1-2H3,(H,16,19). The Morgan fingerprint density at radius 2 is 2.05 bits per heavy atom. The van der Waals surface area contributed by atoms with Gasteiger partial charge in [-0.25, -0.2) is 4.79 Å². The summed E-state index contributed by atoms with van der Waals surface area (Å²) in [4.78, 5) is 14.1. The molecule has 1 aliphatic carbocycles. The molecule has 0 bridgehead atoms. The fourth-order valence-electron chi connectivity index (χ4n) is 2.12.